The molecular formula is C18H24N4O2S2. The van der Waals surface area contributed by atoms with E-state index in [9.17, 15) is 8.42 Å². The average molecular weight is 393 g/mol. The largest absolute Gasteiger partial charge is 0.353 e. The Morgan fingerprint density at radius 3 is 2.65 bits per heavy atom. The van der Waals surface area contributed by atoms with Crippen molar-refractivity contribution in [3.63, 3.8) is 0 Å². The standard InChI is InChI=1S/C18H24N4O2S2/c1-12-19-17(16-14-3-2-4-15(14)25-18(16)20-12)22-8-6-21(7-9-22)13-5-10-26(23,24)11-13/h13H,2-11H2,1H3/t13-/m1/s1. The van der Waals surface area contributed by atoms with Crippen LogP contribution < -0.4 is 4.90 Å². The van der Waals surface area contributed by atoms with Crippen LogP contribution in [-0.2, 0) is 22.7 Å². The Morgan fingerprint density at radius 1 is 1.12 bits per heavy atom. The van der Waals surface area contributed by atoms with Gasteiger partial charge in [0.05, 0.1) is 16.9 Å². The van der Waals surface area contributed by atoms with Crippen LogP contribution in [0.1, 0.15) is 29.1 Å². The monoisotopic (exact) mass is 392 g/mol. The molecule has 6 nitrogen and oxygen atoms in total. The van der Waals surface area contributed by atoms with Gasteiger partial charge in [0.25, 0.3) is 0 Å². The maximum atomic E-state index is 11.8. The summed E-state index contributed by atoms with van der Waals surface area (Å²) >= 11 is 1.84. The number of piperazine rings is 1. The highest BCUT2D eigenvalue weighted by Gasteiger charge is 2.34. The van der Waals surface area contributed by atoms with Crippen molar-refractivity contribution < 1.29 is 8.42 Å². The summed E-state index contributed by atoms with van der Waals surface area (Å²) in [4.78, 5) is 16.9. The zero-order valence-electron chi connectivity index (χ0n) is 15.1. The number of hydrogen-bond acceptors (Lipinski definition) is 7. The molecule has 26 heavy (non-hydrogen) atoms. The molecule has 0 amide bonds. The summed E-state index contributed by atoms with van der Waals surface area (Å²) in [5.41, 5.74) is 1.48. The fourth-order valence-electron chi connectivity index (χ4n) is 4.67. The van der Waals surface area contributed by atoms with Crippen molar-refractivity contribution in [1.82, 2.24) is 14.9 Å². The third kappa shape index (κ3) is 2.82. The Morgan fingerprint density at radius 2 is 1.92 bits per heavy atom. The van der Waals surface area contributed by atoms with Gasteiger partial charge in [-0.1, -0.05) is 0 Å². The molecule has 3 aliphatic rings. The van der Waals surface area contributed by atoms with Crippen molar-refractivity contribution in [3.05, 3.63) is 16.3 Å². The molecule has 1 atom stereocenters. The van der Waals surface area contributed by atoms with Crippen molar-refractivity contribution in [2.24, 2.45) is 0 Å². The molecule has 2 aromatic rings. The molecular weight excluding hydrogens is 368 g/mol. The van der Waals surface area contributed by atoms with Crippen LogP contribution in [0.25, 0.3) is 10.2 Å². The van der Waals surface area contributed by atoms with Gasteiger partial charge in [0, 0.05) is 37.1 Å². The first-order valence-corrected chi connectivity index (χ1v) is 12.1. The third-order valence-corrected chi connectivity index (χ3v) is 8.93. The molecule has 0 spiro atoms. The molecule has 2 saturated heterocycles. The van der Waals surface area contributed by atoms with Crippen LogP contribution in [0.4, 0.5) is 5.82 Å². The molecule has 5 rings (SSSR count). The molecule has 140 valence electrons. The van der Waals surface area contributed by atoms with E-state index in [1.165, 1.54) is 28.7 Å². The second-order valence-electron chi connectivity index (χ2n) is 7.71. The number of rotatable bonds is 2. The van der Waals surface area contributed by atoms with Gasteiger partial charge in [-0.05, 0) is 38.2 Å². The van der Waals surface area contributed by atoms with Gasteiger partial charge in [0.15, 0.2) is 9.84 Å². The minimum atomic E-state index is -2.82. The van der Waals surface area contributed by atoms with Gasteiger partial charge in [-0.25, -0.2) is 18.4 Å². The van der Waals surface area contributed by atoms with E-state index in [2.05, 4.69) is 9.80 Å². The zero-order chi connectivity index (χ0) is 17.9. The topological polar surface area (TPSA) is 66.4 Å². The van der Waals surface area contributed by atoms with Crippen LogP contribution in [0.2, 0.25) is 0 Å². The predicted molar refractivity (Wildman–Crippen MR) is 105 cm³/mol. The van der Waals surface area contributed by atoms with Gasteiger partial charge in [-0.2, -0.15) is 0 Å². The first kappa shape index (κ1) is 16.9. The molecule has 0 saturated carbocycles. The molecule has 0 aromatic carbocycles. The van der Waals surface area contributed by atoms with Crippen LogP contribution in [0.3, 0.4) is 0 Å². The van der Waals surface area contributed by atoms with Crippen molar-refractivity contribution >= 4 is 37.2 Å². The summed E-state index contributed by atoms with van der Waals surface area (Å²) in [5.74, 6) is 2.63. The molecule has 4 heterocycles. The van der Waals surface area contributed by atoms with Crippen LogP contribution in [0.15, 0.2) is 0 Å². The molecule has 0 radical (unpaired) electrons. The Hall–Kier alpha value is -1.25. The normalized spacial score (nSPS) is 25.9. The second kappa shape index (κ2) is 6.14. The Bertz CT molecular complexity index is 961. The van der Waals surface area contributed by atoms with Gasteiger partial charge >= 0.3 is 0 Å². The Kier molecular flexibility index (Phi) is 3.99. The lowest BCUT2D eigenvalue weighted by Gasteiger charge is -2.38. The van der Waals surface area contributed by atoms with Crippen LogP contribution in [0.5, 0.6) is 0 Å². The maximum Gasteiger partial charge on any atom is 0.151 e. The van der Waals surface area contributed by atoms with Gasteiger partial charge in [-0.15, -0.1) is 11.3 Å². The minimum absolute atomic E-state index is 0.208. The summed E-state index contributed by atoms with van der Waals surface area (Å²) in [5, 5.41) is 1.28. The van der Waals surface area contributed by atoms with E-state index in [0.717, 1.165) is 55.5 Å². The summed E-state index contributed by atoms with van der Waals surface area (Å²) in [6.45, 7) is 5.63. The molecule has 0 unspecified atom stereocenters. The van der Waals surface area contributed by atoms with Crippen molar-refractivity contribution in [3.8, 4) is 0 Å². The lowest BCUT2D eigenvalue weighted by atomic mass is 10.1. The SMILES string of the molecule is Cc1nc(N2CCN([C@@H]3CCS(=O)(=O)C3)CC2)c2c3c(sc2n1)CCC3. The number of hydrogen-bond donors (Lipinski definition) is 0. The van der Waals surface area contributed by atoms with Crippen LogP contribution in [0, 0.1) is 6.92 Å². The molecule has 8 heteroatoms. The predicted octanol–water partition coefficient (Wildman–Crippen LogP) is 1.80. The highest BCUT2D eigenvalue weighted by Crippen LogP contribution is 2.40. The molecule has 2 aliphatic heterocycles. The molecule has 0 N–H and O–H groups in total. The number of thiophene rings is 1. The number of aryl methyl sites for hydroxylation is 3. The van der Waals surface area contributed by atoms with Crippen LogP contribution >= 0.6 is 11.3 Å². The maximum absolute atomic E-state index is 11.8. The lowest BCUT2D eigenvalue weighted by Crippen LogP contribution is -2.51. The van der Waals surface area contributed by atoms with E-state index < -0.39 is 9.84 Å². The minimum Gasteiger partial charge on any atom is -0.353 e. The Labute approximate surface area is 158 Å². The second-order valence-corrected chi connectivity index (χ2v) is 11.0. The summed E-state index contributed by atoms with van der Waals surface area (Å²) in [7, 11) is -2.82. The lowest BCUT2D eigenvalue weighted by molar-refractivity contribution is 0.200. The number of sulfone groups is 1. The summed E-state index contributed by atoms with van der Waals surface area (Å²) in [6, 6.07) is 0.208. The zero-order valence-corrected chi connectivity index (χ0v) is 16.7. The highest BCUT2D eigenvalue weighted by molar-refractivity contribution is 7.91. The van der Waals surface area contributed by atoms with E-state index in [-0.39, 0.29) is 6.04 Å². The van der Waals surface area contributed by atoms with Gasteiger partial charge in [0.1, 0.15) is 16.5 Å². The fraction of sp³-hybridized carbons (Fsp3) is 0.667. The van der Waals surface area contributed by atoms with Gasteiger partial charge < -0.3 is 4.90 Å². The van der Waals surface area contributed by atoms with Crippen molar-refractivity contribution in [2.75, 3.05) is 42.6 Å². The average Bonchev–Trinajstić information content (AvgIpc) is 3.28. The number of fused-ring (bicyclic) bond motifs is 3. The first-order chi connectivity index (χ1) is 12.5. The highest BCUT2D eigenvalue weighted by atomic mass is 32.2. The van der Waals surface area contributed by atoms with Gasteiger partial charge in [0.2, 0.25) is 0 Å². The number of nitrogens with zero attached hydrogens (tertiary/aromatic N) is 4. The fourth-order valence-corrected chi connectivity index (χ4v) is 7.73. The van der Waals surface area contributed by atoms with Crippen molar-refractivity contribution in [1.29, 1.82) is 0 Å². The quantitative estimate of drug-likeness (QED) is 0.776. The van der Waals surface area contributed by atoms with E-state index in [4.69, 9.17) is 9.97 Å². The smallest absolute Gasteiger partial charge is 0.151 e. The van der Waals surface area contributed by atoms with Gasteiger partial charge in [-0.3, -0.25) is 4.90 Å². The summed E-state index contributed by atoms with van der Waals surface area (Å²) < 4.78 is 23.6. The van der Waals surface area contributed by atoms with Crippen molar-refractivity contribution in [2.45, 2.75) is 38.6 Å². The molecule has 1 aliphatic carbocycles. The Balaban J connectivity index is 1.40. The molecule has 2 aromatic heterocycles. The molecule has 0 bridgehead atoms. The van der Waals surface area contributed by atoms with E-state index in [0.29, 0.717) is 11.5 Å². The number of aromatic nitrogens is 2. The van der Waals surface area contributed by atoms with E-state index in [1.54, 1.807) is 0 Å². The van der Waals surface area contributed by atoms with E-state index >= 15 is 0 Å². The van der Waals surface area contributed by atoms with E-state index in [1.807, 2.05) is 18.3 Å². The first-order valence-electron chi connectivity index (χ1n) is 9.48. The third-order valence-electron chi connectivity index (χ3n) is 6.00. The number of anilines is 1. The molecule has 2 fully saturated rings. The summed E-state index contributed by atoms with van der Waals surface area (Å²) in [6.07, 6.45) is 4.36. The van der Waals surface area contributed by atoms with Crippen LogP contribution in [-0.4, -0.2) is 67.0 Å².